The van der Waals surface area contributed by atoms with Crippen LogP contribution in [0, 0.1) is 0 Å². The zero-order chi connectivity index (χ0) is 27.0. The number of imidazole rings is 1. The molecule has 3 heterocycles. The Bertz CT molecular complexity index is 957. The number of anilines is 1. The highest BCUT2D eigenvalue weighted by molar-refractivity contribution is 5.73. The first-order valence-electron chi connectivity index (χ1n) is 9.42. The van der Waals surface area contributed by atoms with E-state index in [0.29, 0.717) is 11.9 Å². The van der Waals surface area contributed by atoms with Crippen LogP contribution in [0.5, 0.6) is 5.88 Å². The van der Waals surface area contributed by atoms with Gasteiger partial charge in [-0.05, 0) is 14.1 Å². The number of alkyl halides is 6. The summed E-state index contributed by atoms with van der Waals surface area (Å²) < 4.78 is 70.9. The number of likely N-dealkylation sites (N-methyl/N-ethyl adjacent to an activating group) is 1. The van der Waals surface area contributed by atoms with E-state index in [1.54, 1.807) is 13.4 Å². The first-order chi connectivity index (χ1) is 16.1. The summed E-state index contributed by atoms with van der Waals surface area (Å²) in [7, 11) is 5.79. The van der Waals surface area contributed by atoms with Crippen LogP contribution in [0.25, 0.3) is 0 Å². The van der Waals surface area contributed by atoms with Gasteiger partial charge in [-0.3, -0.25) is 0 Å². The van der Waals surface area contributed by atoms with Gasteiger partial charge in [0.25, 0.3) is 0 Å². The van der Waals surface area contributed by atoms with Gasteiger partial charge in [-0.15, -0.1) is 0 Å². The van der Waals surface area contributed by atoms with E-state index in [9.17, 15) is 26.3 Å². The quantitative estimate of drug-likeness (QED) is 0.582. The Balaban J connectivity index is 0.000000362. The summed E-state index contributed by atoms with van der Waals surface area (Å²) in [5, 5.41) is 14.2. The number of fused-ring (bicyclic) bond motifs is 1. The number of rotatable bonds is 4. The van der Waals surface area contributed by atoms with Crippen LogP contribution in [0.4, 0.5) is 32.2 Å². The van der Waals surface area contributed by atoms with Crippen LogP contribution in [0.1, 0.15) is 11.7 Å². The third-order valence-electron chi connectivity index (χ3n) is 4.15. The molecule has 0 bridgehead atoms. The molecule has 2 aromatic rings. The molecule has 1 atom stereocenters. The molecule has 196 valence electrons. The van der Waals surface area contributed by atoms with Crippen LogP contribution in [-0.4, -0.2) is 93.2 Å². The molecule has 2 N–H and O–H groups in total. The van der Waals surface area contributed by atoms with Crippen LogP contribution in [-0.2, 0) is 16.1 Å². The molecule has 0 spiro atoms. The van der Waals surface area contributed by atoms with Gasteiger partial charge in [-0.2, -0.15) is 26.3 Å². The molecular weight excluding hydrogens is 494 g/mol. The summed E-state index contributed by atoms with van der Waals surface area (Å²) >= 11 is 0. The molecule has 17 heteroatoms. The number of hydrogen-bond acceptors (Lipinski definition) is 8. The average molecular weight is 516 g/mol. The number of methoxy groups -OCH3 is 1. The van der Waals surface area contributed by atoms with Crippen LogP contribution in [0.2, 0.25) is 0 Å². The fourth-order valence-corrected chi connectivity index (χ4v) is 2.74. The van der Waals surface area contributed by atoms with Crippen molar-refractivity contribution < 1.29 is 50.9 Å². The van der Waals surface area contributed by atoms with Gasteiger partial charge in [0.2, 0.25) is 5.88 Å². The zero-order valence-corrected chi connectivity index (χ0v) is 18.6. The third kappa shape index (κ3) is 9.63. The van der Waals surface area contributed by atoms with Crippen LogP contribution >= 0.6 is 0 Å². The molecule has 0 saturated carbocycles. The summed E-state index contributed by atoms with van der Waals surface area (Å²) in [4.78, 5) is 35.0. The molecule has 35 heavy (non-hydrogen) atoms. The molecule has 11 nitrogen and oxygen atoms in total. The van der Waals surface area contributed by atoms with Gasteiger partial charge in [-0.1, -0.05) is 0 Å². The molecule has 1 aliphatic rings. The average Bonchev–Trinajstić information content (AvgIpc) is 3.22. The smallest absolute Gasteiger partial charge is 0.481 e. The molecule has 1 aliphatic heterocycles. The number of aromatic nitrogens is 4. The second-order valence-electron chi connectivity index (χ2n) is 7.11. The lowest BCUT2D eigenvalue weighted by Gasteiger charge is -2.36. The molecule has 1 unspecified atom stereocenters. The molecule has 0 aliphatic carbocycles. The number of carbonyl (C=O) groups is 2. The lowest BCUT2D eigenvalue weighted by molar-refractivity contribution is -0.193. The van der Waals surface area contributed by atoms with Crippen molar-refractivity contribution in [2.45, 2.75) is 24.9 Å². The van der Waals surface area contributed by atoms with E-state index < -0.39 is 24.3 Å². The minimum Gasteiger partial charge on any atom is -0.481 e. The van der Waals surface area contributed by atoms with Gasteiger partial charge in [0.15, 0.2) is 0 Å². The van der Waals surface area contributed by atoms with Gasteiger partial charge in [0.05, 0.1) is 31.7 Å². The molecular formula is C18H22F6N6O5. The standard InChI is InChI=1S/C14H20N6O.2C2HF3O2/c1-18(2)6-12-8-19(7-11-5-15-10-20(11)12)13-4-14(21-3)17-9-16-13;2*3-2(4,5)1(6)7/h4-5,9-10,12H,6-8H2,1-3H3;2*(H,6,7). The van der Waals surface area contributed by atoms with Gasteiger partial charge < -0.3 is 29.3 Å². The van der Waals surface area contributed by atoms with Crippen molar-refractivity contribution in [3.8, 4) is 5.88 Å². The van der Waals surface area contributed by atoms with Crippen LogP contribution in [0.3, 0.4) is 0 Å². The summed E-state index contributed by atoms with van der Waals surface area (Å²) in [6, 6.07) is 2.23. The first-order valence-corrected chi connectivity index (χ1v) is 9.42. The number of halogens is 6. The molecule has 3 rings (SSSR count). The maximum Gasteiger partial charge on any atom is 0.490 e. The predicted molar refractivity (Wildman–Crippen MR) is 107 cm³/mol. The van der Waals surface area contributed by atoms with Gasteiger partial charge in [-0.25, -0.2) is 24.5 Å². The van der Waals surface area contributed by atoms with Gasteiger partial charge >= 0.3 is 24.3 Å². The molecule has 0 radical (unpaired) electrons. The summed E-state index contributed by atoms with van der Waals surface area (Å²) in [6.45, 7) is 2.65. The lowest BCUT2D eigenvalue weighted by atomic mass is 10.1. The Morgan fingerprint density at radius 1 is 1.11 bits per heavy atom. The van der Waals surface area contributed by atoms with Crippen molar-refractivity contribution in [3.63, 3.8) is 0 Å². The maximum absolute atomic E-state index is 10.6. The summed E-state index contributed by atoms with van der Waals surface area (Å²) in [5.74, 6) is -4.04. The molecule has 0 aromatic carbocycles. The van der Waals surface area contributed by atoms with E-state index >= 15 is 0 Å². The van der Waals surface area contributed by atoms with Gasteiger partial charge in [0.1, 0.15) is 12.1 Å². The zero-order valence-electron chi connectivity index (χ0n) is 18.6. The first kappa shape index (κ1) is 29.4. The highest BCUT2D eigenvalue weighted by Crippen LogP contribution is 2.26. The van der Waals surface area contributed by atoms with Crippen molar-refractivity contribution in [3.05, 3.63) is 30.6 Å². The van der Waals surface area contributed by atoms with Crippen molar-refractivity contribution in [2.75, 3.05) is 39.2 Å². The molecule has 0 amide bonds. The molecule has 2 aromatic heterocycles. The van der Waals surface area contributed by atoms with E-state index in [1.807, 2.05) is 18.6 Å². The number of ether oxygens (including phenoxy) is 1. The number of carboxylic acid groups (broad SMARTS) is 2. The van der Waals surface area contributed by atoms with Crippen molar-refractivity contribution in [1.82, 2.24) is 24.4 Å². The highest BCUT2D eigenvalue weighted by Gasteiger charge is 2.38. The molecule has 0 saturated heterocycles. The predicted octanol–water partition coefficient (Wildman–Crippen LogP) is 2.07. The second kappa shape index (κ2) is 12.2. The minimum atomic E-state index is -5.08. The van der Waals surface area contributed by atoms with Crippen molar-refractivity contribution in [1.29, 1.82) is 0 Å². The van der Waals surface area contributed by atoms with E-state index in [2.05, 4.69) is 43.4 Å². The minimum absolute atomic E-state index is 0.354. The fourth-order valence-electron chi connectivity index (χ4n) is 2.74. The molecule has 0 fully saturated rings. The van der Waals surface area contributed by atoms with E-state index in [0.717, 1.165) is 25.5 Å². The topological polar surface area (TPSA) is 134 Å². The van der Waals surface area contributed by atoms with Crippen LogP contribution in [0.15, 0.2) is 24.9 Å². The Morgan fingerprint density at radius 2 is 1.66 bits per heavy atom. The van der Waals surface area contributed by atoms with E-state index in [4.69, 9.17) is 24.5 Å². The fraction of sp³-hybridized carbons (Fsp3) is 0.500. The Kier molecular flexibility index (Phi) is 10.2. The number of carboxylic acids is 2. The Morgan fingerprint density at radius 3 is 2.11 bits per heavy atom. The second-order valence-corrected chi connectivity index (χ2v) is 7.11. The summed E-state index contributed by atoms with van der Waals surface area (Å²) in [5.41, 5.74) is 1.20. The Hall–Kier alpha value is -3.63. The number of nitrogens with zero attached hydrogens (tertiary/aromatic N) is 6. The largest absolute Gasteiger partial charge is 0.490 e. The third-order valence-corrected chi connectivity index (χ3v) is 4.15. The number of aliphatic carboxylic acids is 2. The van der Waals surface area contributed by atoms with Gasteiger partial charge in [0, 0.05) is 25.4 Å². The normalized spacial score (nSPS) is 15.3. The van der Waals surface area contributed by atoms with Crippen molar-refractivity contribution >= 4 is 17.8 Å². The lowest BCUT2D eigenvalue weighted by Crippen LogP contribution is -2.41. The summed E-state index contributed by atoms with van der Waals surface area (Å²) in [6.07, 6.45) is -4.78. The highest BCUT2D eigenvalue weighted by atomic mass is 19.4. The monoisotopic (exact) mass is 516 g/mol. The number of hydrogen-bond donors (Lipinski definition) is 2. The van der Waals surface area contributed by atoms with E-state index in [-0.39, 0.29) is 0 Å². The van der Waals surface area contributed by atoms with Crippen LogP contribution < -0.4 is 9.64 Å². The SMILES string of the molecule is COc1cc(N2Cc3cncn3C(CN(C)C)C2)ncn1.O=C(O)C(F)(F)F.O=C(O)C(F)(F)F. The maximum atomic E-state index is 10.6. The van der Waals surface area contributed by atoms with Crippen molar-refractivity contribution in [2.24, 2.45) is 0 Å². The Labute approximate surface area is 194 Å². The van der Waals surface area contributed by atoms with E-state index in [1.165, 1.54) is 5.69 Å².